The standard InChI is InChI=1S/C18H23N3O.HI/c1-14-6-4-7-15(10-14)12-20-18(19-2)21-13-16-8-5-9-17(11-16)22-3;/h4-11H,12-13H2,1-3H3,(H2,19,20,21);1H. The number of benzene rings is 2. The van der Waals surface area contributed by atoms with E-state index in [0.29, 0.717) is 6.54 Å². The van der Waals surface area contributed by atoms with Crippen LogP contribution in [0, 0.1) is 6.92 Å². The molecule has 0 aromatic heterocycles. The molecule has 124 valence electrons. The Morgan fingerprint density at radius 1 is 1.00 bits per heavy atom. The SMILES string of the molecule is CN=C(NCc1cccc(C)c1)NCc1cccc(OC)c1.I. The van der Waals surface area contributed by atoms with E-state index in [4.69, 9.17) is 4.74 Å². The van der Waals surface area contributed by atoms with Crippen molar-refractivity contribution in [1.82, 2.24) is 10.6 Å². The highest BCUT2D eigenvalue weighted by Crippen LogP contribution is 2.12. The van der Waals surface area contributed by atoms with Crippen LogP contribution in [0.15, 0.2) is 53.5 Å². The third-order valence-electron chi connectivity index (χ3n) is 3.36. The maximum Gasteiger partial charge on any atom is 0.191 e. The number of nitrogens with zero attached hydrogens (tertiary/aromatic N) is 1. The van der Waals surface area contributed by atoms with Crippen molar-refractivity contribution in [1.29, 1.82) is 0 Å². The first-order valence-corrected chi connectivity index (χ1v) is 7.34. The smallest absolute Gasteiger partial charge is 0.191 e. The maximum atomic E-state index is 5.23. The third-order valence-corrected chi connectivity index (χ3v) is 3.36. The summed E-state index contributed by atoms with van der Waals surface area (Å²) in [4.78, 5) is 4.25. The van der Waals surface area contributed by atoms with E-state index in [2.05, 4.69) is 52.9 Å². The summed E-state index contributed by atoms with van der Waals surface area (Å²) in [7, 11) is 3.45. The first kappa shape index (κ1) is 19.3. The lowest BCUT2D eigenvalue weighted by Crippen LogP contribution is -2.36. The second-order valence-corrected chi connectivity index (χ2v) is 5.12. The Kier molecular flexibility index (Phi) is 8.47. The van der Waals surface area contributed by atoms with Gasteiger partial charge in [-0.1, -0.05) is 42.0 Å². The molecular weight excluding hydrogens is 401 g/mol. The molecule has 0 aliphatic carbocycles. The quantitative estimate of drug-likeness (QED) is 0.438. The van der Waals surface area contributed by atoms with E-state index in [-0.39, 0.29) is 24.0 Å². The van der Waals surface area contributed by atoms with Crippen molar-refractivity contribution in [3.63, 3.8) is 0 Å². The monoisotopic (exact) mass is 425 g/mol. The molecule has 23 heavy (non-hydrogen) atoms. The number of hydrogen-bond acceptors (Lipinski definition) is 2. The van der Waals surface area contributed by atoms with Gasteiger partial charge >= 0.3 is 0 Å². The molecule has 2 N–H and O–H groups in total. The average Bonchev–Trinajstić information content (AvgIpc) is 2.55. The molecule has 0 radical (unpaired) electrons. The van der Waals surface area contributed by atoms with E-state index in [9.17, 15) is 0 Å². The van der Waals surface area contributed by atoms with Crippen LogP contribution < -0.4 is 15.4 Å². The van der Waals surface area contributed by atoms with Crippen molar-refractivity contribution in [2.24, 2.45) is 4.99 Å². The van der Waals surface area contributed by atoms with Gasteiger partial charge in [-0.3, -0.25) is 4.99 Å². The molecule has 0 saturated heterocycles. The van der Waals surface area contributed by atoms with E-state index < -0.39 is 0 Å². The van der Waals surface area contributed by atoms with Crippen molar-refractivity contribution in [2.75, 3.05) is 14.2 Å². The molecule has 0 aliphatic heterocycles. The number of aryl methyl sites for hydroxylation is 1. The lowest BCUT2D eigenvalue weighted by molar-refractivity contribution is 0.414. The van der Waals surface area contributed by atoms with E-state index in [1.165, 1.54) is 11.1 Å². The van der Waals surface area contributed by atoms with Crippen LogP contribution in [-0.4, -0.2) is 20.1 Å². The molecule has 0 unspecified atom stereocenters. The lowest BCUT2D eigenvalue weighted by Gasteiger charge is -2.12. The van der Waals surface area contributed by atoms with Gasteiger partial charge in [-0.25, -0.2) is 0 Å². The molecule has 0 saturated carbocycles. The van der Waals surface area contributed by atoms with Gasteiger partial charge in [0.1, 0.15) is 5.75 Å². The largest absolute Gasteiger partial charge is 0.497 e. The van der Waals surface area contributed by atoms with E-state index in [1.807, 2.05) is 18.2 Å². The topological polar surface area (TPSA) is 45.7 Å². The molecule has 2 aromatic carbocycles. The van der Waals surface area contributed by atoms with Gasteiger partial charge in [0.25, 0.3) is 0 Å². The molecule has 4 nitrogen and oxygen atoms in total. The van der Waals surface area contributed by atoms with Crippen molar-refractivity contribution in [3.8, 4) is 5.75 Å². The fourth-order valence-electron chi connectivity index (χ4n) is 2.20. The highest BCUT2D eigenvalue weighted by molar-refractivity contribution is 14.0. The third kappa shape index (κ3) is 6.48. The van der Waals surface area contributed by atoms with E-state index in [1.54, 1.807) is 14.2 Å². The van der Waals surface area contributed by atoms with Crippen LogP contribution in [0.5, 0.6) is 5.75 Å². The Hall–Kier alpha value is -1.76. The van der Waals surface area contributed by atoms with Gasteiger partial charge in [0.15, 0.2) is 5.96 Å². The number of ether oxygens (including phenoxy) is 1. The van der Waals surface area contributed by atoms with Gasteiger partial charge in [0.2, 0.25) is 0 Å². The minimum atomic E-state index is 0. The highest BCUT2D eigenvalue weighted by Gasteiger charge is 2.00. The van der Waals surface area contributed by atoms with Crippen LogP contribution in [-0.2, 0) is 13.1 Å². The van der Waals surface area contributed by atoms with Crippen LogP contribution in [0.3, 0.4) is 0 Å². The Labute approximate surface area is 155 Å². The molecule has 5 heteroatoms. The predicted octanol–water partition coefficient (Wildman–Crippen LogP) is 3.49. The maximum absolute atomic E-state index is 5.23. The summed E-state index contributed by atoms with van der Waals surface area (Å²) in [6.45, 7) is 3.55. The number of methoxy groups -OCH3 is 1. The van der Waals surface area contributed by atoms with Gasteiger partial charge in [-0.15, -0.1) is 24.0 Å². The Bertz CT molecular complexity index is 644. The number of rotatable bonds is 5. The summed E-state index contributed by atoms with van der Waals surface area (Å²) in [6.07, 6.45) is 0. The van der Waals surface area contributed by atoms with Crippen LogP contribution in [0.1, 0.15) is 16.7 Å². The van der Waals surface area contributed by atoms with Crippen LogP contribution in [0.25, 0.3) is 0 Å². The zero-order chi connectivity index (χ0) is 15.8. The van der Waals surface area contributed by atoms with Crippen molar-refractivity contribution in [2.45, 2.75) is 20.0 Å². The average molecular weight is 425 g/mol. The number of halogens is 1. The minimum Gasteiger partial charge on any atom is -0.497 e. The first-order valence-electron chi connectivity index (χ1n) is 7.34. The molecule has 0 spiro atoms. The summed E-state index contributed by atoms with van der Waals surface area (Å²) in [6, 6.07) is 16.4. The molecule has 2 aromatic rings. The number of guanidine groups is 1. The number of nitrogens with one attached hydrogen (secondary N) is 2. The van der Waals surface area contributed by atoms with E-state index >= 15 is 0 Å². The molecule has 0 fully saturated rings. The minimum absolute atomic E-state index is 0. The van der Waals surface area contributed by atoms with Crippen molar-refractivity contribution < 1.29 is 4.74 Å². The summed E-state index contributed by atoms with van der Waals surface area (Å²) < 4.78 is 5.23. The number of aliphatic imine (C=N–C) groups is 1. The fourth-order valence-corrected chi connectivity index (χ4v) is 2.20. The summed E-state index contributed by atoms with van der Waals surface area (Å²) in [5.41, 5.74) is 3.65. The molecule has 0 aliphatic rings. The van der Waals surface area contributed by atoms with E-state index in [0.717, 1.165) is 23.8 Å². The molecule has 2 rings (SSSR count). The zero-order valence-corrected chi connectivity index (χ0v) is 16.1. The van der Waals surface area contributed by atoms with Crippen LogP contribution in [0.4, 0.5) is 0 Å². The Morgan fingerprint density at radius 2 is 1.61 bits per heavy atom. The molecular formula is C18H24IN3O. The molecule has 0 bridgehead atoms. The zero-order valence-electron chi connectivity index (χ0n) is 13.8. The lowest BCUT2D eigenvalue weighted by atomic mass is 10.1. The Balaban J connectivity index is 0.00000264. The highest BCUT2D eigenvalue weighted by atomic mass is 127. The summed E-state index contributed by atoms with van der Waals surface area (Å²) in [5, 5.41) is 6.62. The summed E-state index contributed by atoms with van der Waals surface area (Å²) >= 11 is 0. The first-order chi connectivity index (χ1) is 10.7. The fraction of sp³-hybridized carbons (Fsp3) is 0.278. The van der Waals surface area contributed by atoms with Crippen molar-refractivity contribution in [3.05, 3.63) is 65.2 Å². The predicted molar refractivity (Wildman–Crippen MR) is 107 cm³/mol. The van der Waals surface area contributed by atoms with Gasteiger partial charge in [0, 0.05) is 20.1 Å². The normalized spacial score (nSPS) is 10.7. The Morgan fingerprint density at radius 3 is 2.17 bits per heavy atom. The van der Waals surface area contributed by atoms with Crippen LogP contribution >= 0.6 is 24.0 Å². The van der Waals surface area contributed by atoms with Crippen molar-refractivity contribution >= 4 is 29.9 Å². The molecule has 0 heterocycles. The molecule has 0 atom stereocenters. The second-order valence-electron chi connectivity index (χ2n) is 5.12. The van der Waals surface area contributed by atoms with Gasteiger partial charge in [-0.2, -0.15) is 0 Å². The number of hydrogen-bond donors (Lipinski definition) is 2. The second kappa shape index (κ2) is 10.1. The molecule has 0 amide bonds. The van der Waals surface area contributed by atoms with Gasteiger partial charge in [-0.05, 0) is 30.2 Å². The van der Waals surface area contributed by atoms with Crippen LogP contribution in [0.2, 0.25) is 0 Å². The summed E-state index contributed by atoms with van der Waals surface area (Å²) in [5.74, 6) is 1.64. The van der Waals surface area contributed by atoms with Gasteiger partial charge in [0.05, 0.1) is 7.11 Å². The van der Waals surface area contributed by atoms with Gasteiger partial charge < -0.3 is 15.4 Å².